The van der Waals surface area contributed by atoms with E-state index in [1.165, 1.54) is 11.8 Å². The Labute approximate surface area is 210 Å². The molecule has 1 saturated heterocycles. The lowest BCUT2D eigenvalue weighted by Crippen LogP contribution is -2.71. The van der Waals surface area contributed by atoms with Crippen LogP contribution in [0.25, 0.3) is 0 Å². The van der Waals surface area contributed by atoms with Gasteiger partial charge in [-0.3, -0.25) is 24.1 Å². The molecule has 4 atom stereocenters. The van der Waals surface area contributed by atoms with Crippen LogP contribution in [0.4, 0.5) is 0 Å². The molecule has 1 fully saturated rings. The topological polar surface area (TPSA) is 179 Å². The number of thioether (sulfide) groups is 1. The lowest BCUT2D eigenvalue weighted by atomic mass is 10.0. The number of benzene rings is 1. The van der Waals surface area contributed by atoms with Gasteiger partial charge in [0.1, 0.15) is 17.5 Å². The summed E-state index contributed by atoms with van der Waals surface area (Å²) in [5, 5.41) is 22.7. The molecule has 0 spiro atoms. The molecule has 0 aromatic heterocycles. The molecular weight excluding hydrogens is 494 g/mol. The zero-order valence-corrected chi connectivity index (χ0v) is 20.2. The van der Waals surface area contributed by atoms with Gasteiger partial charge < -0.3 is 25.6 Å². The summed E-state index contributed by atoms with van der Waals surface area (Å²) in [6.07, 6.45) is -0.00542. The molecular formula is C23H25N3O9S. The maximum atomic E-state index is 12.6. The molecule has 2 heterocycles. The van der Waals surface area contributed by atoms with Gasteiger partial charge >= 0.3 is 17.9 Å². The number of carbonyl (C=O) groups is 6. The molecule has 1 aromatic rings. The summed E-state index contributed by atoms with van der Waals surface area (Å²) >= 11 is 1.17. The molecule has 3 amide bonds. The number of aliphatic carboxylic acids is 2. The van der Waals surface area contributed by atoms with Gasteiger partial charge in [0.2, 0.25) is 5.91 Å². The summed E-state index contributed by atoms with van der Waals surface area (Å²) in [5.41, 5.74) is -0.129. The van der Waals surface area contributed by atoms with Gasteiger partial charge in [-0.2, -0.15) is 0 Å². The van der Waals surface area contributed by atoms with Crippen LogP contribution in [-0.4, -0.2) is 73.4 Å². The van der Waals surface area contributed by atoms with E-state index in [0.29, 0.717) is 5.56 Å². The Morgan fingerprint density at radius 2 is 1.81 bits per heavy atom. The zero-order valence-electron chi connectivity index (χ0n) is 19.4. The summed E-state index contributed by atoms with van der Waals surface area (Å²) in [6, 6.07) is 5.93. The van der Waals surface area contributed by atoms with E-state index in [1.807, 2.05) is 0 Å². The van der Waals surface area contributed by atoms with Gasteiger partial charge in [0.15, 0.2) is 11.5 Å². The van der Waals surface area contributed by atoms with Crippen molar-refractivity contribution in [1.29, 1.82) is 0 Å². The number of carboxylic acids is 2. The van der Waals surface area contributed by atoms with Gasteiger partial charge in [0.25, 0.3) is 11.8 Å². The normalized spacial score (nSPS) is 21.6. The van der Waals surface area contributed by atoms with E-state index in [-0.39, 0.29) is 25.0 Å². The van der Waals surface area contributed by atoms with Crippen molar-refractivity contribution in [3.8, 4) is 0 Å². The van der Waals surface area contributed by atoms with Crippen LogP contribution in [0, 0.1) is 0 Å². The second kappa shape index (κ2) is 11.2. The van der Waals surface area contributed by atoms with Crippen LogP contribution in [-0.2, 0) is 28.7 Å². The van der Waals surface area contributed by atoms with Crippen LogP contribution in [0.5, 0.6) is 0 Å². The summed E-state index contributed by atoms with van der Waals surface area (Å²) in [4.78, 5) is 73.0. The number of β-lactam (4-membered cyclic amide) rings is 1. The molecule has 2 aliphatic rings. The van der Waals surface area contributed by atoms with Crippen molar-refractivity contribution < 1.29 is 43.7 Å². The van der Waals surface area contributed by atoms with E-state index < -0.39 is 64.0 Å². The molecule has 1 unspecified atom stereocenters. The molecule has 0 bridgehead atoms. The van der Waals surface area contributed by atoms with Crippen molar-refractivity contribution >= 4 is 47.4 Å². The molecule has 12 nitrogen and oxygen atoms in total. The van der Waals surface area contributed by atoms with Crippen LogP contribution in [0.15, 0.2) is 41.8 Å². The first-order valence-electron chi connectivity index (χ1n) is 11.0. The zero-order chi connectivity index (χ0) is 26.6. The molecule has 36 heavy (non-hydrogen) atoms. The number of fused-ring (bicyclic) bond motifs is 1. The second-order valence-corrected chi connectivity index (χ2v) is 9.62. The molecule has 3 rings (SSSR count). The van der Waals surface area contributed by atoms with Crippen LogP contribution in [0.1, 0.15) is 43.5 Å². The van der Waals surface area contributed by atoms with Gasteiger partial charge in [0.05, 0.1) is 5.25 Å². The maximum Gasteiger partial charge on any atom is 0.356 e. The highest BCUT2D eigenvalue weighted by atomic mass is 32.2. The predicted molar refractivity (Wildman–Crippen MR) is 125 cm³/mol. The average molecular weight is 520 g/mol. The van der Waals surface area contributed by atoms with E-state index >= 15 is 0 Å². The van der Waals surface area contributed by atoms with Gasteiger partial charge in [-0.05, 0) is 31.9 Å². The number of carbonyl (C=O) groups excluding carboxylic acids is 4. The van der Waals surface area contributed by atoms with Crippen molar-refractivity contribution in [2.45, 2.75) is 55.8 Å². The fraction of sp³-hybridized carbons (Fsp3) is 0.391. The number of hydrogen-bond acceptors (Lipinski definition) is 8. The van der Waals surface area contributed by atoms with Crippen molar-refractivity contribution in [2.24, 2.45) is 0 Å². The first kappa shape index (κ1) is 26.7. The summed E-state index contributed by atoms with van der Waals surface area (Å²) in [5.74, 6) is -5.25. The number of nitrogens with zero attached hydrogens (tertiary/aromatic N) is 1. The quantitative estimate of drug-likeness (QED) is 0.254. The Bertz CT molecular complexity index is 1120. The molecule has 13 heteroatoms. The predicted octanol–water partition coefficient (Wildman–Crippen LogP) is 0.688. The Morgan fingerprint density at radius 1 is 1.14 bits per heavy atom. The van der Waals surface area contributed by atoms with Crippen molar-refractivity contribution in [3.05, 3.63) is 47.4 Å². The van der Waals surface area contributed by atoms with Gasteiger partial charge in [-0.1, -0.05) is 18.2 Å². The number of ether oxygens (including phenoxy) is 1. The van der Waals surface area contributed by atoms with Crippen molar-refractivity contribution in [1.82, 2.24) is 15.5 Å². The Kier molecular flexibility index (Phi) is 8.35. The molecule has 0 radical (unpaired) electrons. The number of hydrogen-bond donors (Lipinski definition) is 4. The third kappa shape index (κ3) is 5.85. The molecule has 0 aliphatic carbocycles. The summed E-state index contributed by atoms with van der Waals surface area (Å²) in [6.45, 7) is 2.75. The maximum absolute atomic E-state index is 12.6. The van der Waals surface area contributed by atoms with Crippen LogP contribution < -0.4 is 10.6 Å². The second-order valence-electron chi connectivity index (χ2n) is 8.16. The minimum Gasteiger partial charge on any atom is -0.480 e. The highest BCUT2D eigenvalue weighted by molar-refractivity contribution is 8.00. The Hall–Kier alpha value is -3.87. The van der Waals surface area contributed by atoms with E-state index in [4.69, 9.17) is 4.74 Å². The standard InChI is InChI=1S/C23H25N3O9S/c1-11-18(35-12(2)27)17(23(33)34)26-20(30)16(21(26)36-11)25-15(28)10-6-9-14(22(31)32)24-19(29)13-7-4-3-5-8-13/h3-5,7-8,11,14,16,21H,6,9-10H2,1-2H3,(H,24,29)(H,25,28)(H,31,32)(H,33,34)/t11?,14-,16-,21-/m1/s1. The number of rotatable bonds is 10. The van der Waals surface area contributed by atoms with Crippen LogP contribution in [0.2, 0.25) is 0 Å². The molecule has 4 N–H and O–H groups in total. The van der Waals surface area contributed by atoms with Gasteiger partial charge in [-0.15, -0.1) is 11.8 Å². The molecule has 2 aliphatic heterocycles. The fourth-order valence-corrected chi connectivity index (χ4v) is 5.23. The lowest BCUT2D eigenvalue weighted by molar-refractivity contribution is -0.152. The SMILES string of the molecule is CC(=O)OC1=C(C(=O)O)N2C(=O)[C@@H](NC(=O)CCC[C@@H](NC(=O)c3ccccc3)C(=O)O)[C@H]2SC1C. The van der Waals surface area contributed by atoms with Crippen LogP contribution in [0.3, 0.4) is 0 Å². The number of amides is 3. The van der Waals surface area contributed by atoms with E-state index in [2.05, 4.69) is 10.6 Å². The van der Waals surface area contributed by atoms with Crippen molar-refractivity contribution in [3.63, 3.8) is 0 Å². The van der Waals surface area contributed by atoms with Crippen molar-refractivity contribution in [2.75, 3.05) is 0 Å². The van der Waals surface area contributed by atoms with E-state index in [9.17, 15) is 39.0 Å². The Balaban J connectivity index is 1.55. The van der Waals surface area contributed by atoms with Crippen LogP contribution >= 0.6 is 11.8 Å². The van der Waals surface area contributed by atoms with E-state index in [1.54, 1.807) is 37.3 Å². The molecule has 192 valence electrons. The fourth-order valence-electron chi connectivity index (χ4n) is 3.85. The highest BCUT2D eigenvalue weighted by Gasteiger charge is 2.56. The third-order valence-electron chi connectivity index (χ3n) is 5.54. The Morgan fingerprint density at radius 3 is 2.39 bits per heavy atom. The smallest absolute Gasteiger partial charge is 0.356 e. The monoisotopic (exact) mass is 519 g/mol. The average Bonchev–Trinajstić information content (AvgIpc) is 2.82. The molecule has 0 saturated carbocycles. The number of carboxylic acid groups (broad SMARTS) is 2. The molecule has 1 aromatic carbocycles. The summed E-state index contributed by atoms with van der Waals surface area (Å²) < 4.78 is 5.03. The number of nitrogens with one attached hydrogen (secondary N) is 2. The minimum atomic E-state index is -1.43. The number of esters is 1. The largest absolute Gasteiger partial charge is 0.480 e. The first-order chi connectivity index (χ1) is 17.0. The first-order valence-corrected chi connectivity index (χ1v) is 12.0. The third-order valence-corrected chi connectivity index (χ3v) is 6.92. The van der Waals surface area contributed by atoms with Gasteiger partial charge in [0, 0.05) is 18.9 Å². The highest BCUT2D eigenvalue weighted by Crippen LogP contribution is 2.44. The lowest BCUT2D eigenvalue weighted by Gasteiger charge is -2.50. The van der Waals surface area contributed by atoms with Gasteiger partial charge in [-0.25, -0.2) is 9.59 Å². The van der Waals surface area contributed by atoms with E-state index in [0.717, 1.165) is 11.8 Å². The summed E-state index contributed by atoms with van der Waals surface area (Å²) in [7, 11) is 0. The minimum absolute atomic E-state index is 0.0150.